The van der Waals surface area contributed by atoms with Crippen molar-refractivity contribution in [2.45, 2.75) is 12.8 Å². The van der Waals surface area contributed by atoms with E-state index in [9.17, 15) is 14.0 Å². The van der Waals surface area contributed by atoms with Gasteiger partial charge in [-0.15, -0.1) is 0 Å². The highest BCUT2D eigenvalue weighted by Gasteiger charge is 2.32. The van der Waals surface area contributed by atoms with Crippen LogP contribution in [0.5, 0.6) is 0 Å². The van der Waals surface area contributed by atoms with Crippen LogP contribution >= 0.6 is 15.4 Å². The Balaban J connectivity index is 2.45. The molecule has 1 aliphatic heterocycles. The van der Waals surface area contributed by atoms with Crippen LogP contribution in [0.15, 0.2) is 0 Å². The highest BCUT2D eigenvalue weighted by atomic mass is 31.2. The minimum Gasteiger partial charge on any atom is -0.340 e. The third-order valence-corrected chi connectivity index (χ3v) is 6.96. The normalized spacial score (nSPS) is 24.2. The Labute approximate surface area is 133 Å². The molecule has 0 radical (unpaired) electrons. The Morgan fingerprint density at radius 1 is 0.955 bits per heavy atom. The van der Waals surface area contributed by atoms with Crippen LogP contribution in [0.4, 0.5) is 0 Å². The van der Waals surface area contributed by atoms with Gasteiger partial charge in [0.25, 0.3) is 13.3 Å². The maximum atomic E-state index is 12.0. The number of rotatable bonds is 4. The third-order valence-electron chi connectivity index (χ3n) is 3.38. The molecule has 130 valence electrons. The van der Waals surface area contributed by atoms with E-state index in [1.165, 1.54) is 0 Å². The molecule has 0 aromatic heterocycles. The van der Waals surface area contributed by atoms with E-state index in [1.54, 1.807) is 0 Å². The minimum absolute atomic E-state index is 0.0160. The summed E-state index contributed by atoms with van der Waals surface area (Å²) >= 11 is 0. The van der Waals surface area contributed by atoms with Crippen molar-refractivity contribution < 1.29 is 18.9 Å². The molecular formula is C12H29N4O4P2+. The highest BCUT2D eigenvalue weighted by Crippen LogP contribution is 2.47. The van der Waals surface area contributed by atoms with Gasteiger partial charge in [0, 0.05) is 26.2 Å². The molecule has 0 aliphatic carbocycles. The van der Waals surface area contributed by atoms with Crippen LogP contribution in [0.25, 0.3) is 0 Å². The molecule has 0 spiro atoms. The average molecular weight is 355 g/mol. The Morgan fingerprint density at radius 2 is 1.55 bits per heavy atom. The second kappa shape index (κ2) is 11.6. The van der Waals surface area contributed by atoms with E-state index in [2.05, 4.69) is 16.0 Å². The first-order valence-corrected chi connectivity index (χ1v) is 11.2. The lowest BCUT2D eigenvalue weighted by molar-refractivity contribution is 0.294. The molecule has 0 bridgehead atoms. The Morgan fingerprint density at radius 3 is 2.18 bits per heavy atom. The smallest absolute Gasteiger partial charge is 0.340 e. The molecule has 5 N–H and O–H groups in total. The maximum absolute atomic E-state index is 12.0. The Hall–Kier alpha value is 0.0900. The molecule has 0 aromatic carbocycles. The quantitative estimate of drug-likeness (QED) is 0.440. The van der Waals surface area contributed by atoms with Crippen LogP contribution in [0, 0.1) is 0 Å². The third kappa shape index (κ3) is 10.8. The van der Waals surface area contributed by atoms with Crippen LogP contribution in [0.2, 0.25) is 0 Å². The van der Waals surface area contributed by atoms with Gasteiger partial charge < -0.3 is 20.8 Å². The van der Waals surface area contributed by atoms with Crippen LogP contribution in [0.1, 0.15) is 12.8 Å². The van der Waals surface area contributed by atoms with Gasteiger partial charge in [0.15, 0.2) is 0 Å². The number of nitrogens with zero attached hydrogens (tertiary/aromatic N) is 1. The fourth-order valence-electron chi connectivity index (χ4n) is 2.35. The largest absolute Gasteiger partial charge is 0.515 e. The van der Waals surface area contributed by atoms with Crippen LogP contribution in [0.3, 0.4) is 0 Å². The molecular weight excluding hydrogens is 326 g/mol. The van der Waals surface area contributed by atoms with Gasteiger partial charge in [-0.3, -0.25) is 9.46 Å². The zero-order valence-corrected chi connectivity index (χ0v) is 14.8. The Kier molecular flexibility index (Phi) is 10.6. The van der Waals surface area contributed by atoms with Gasteiger partial charge in [0.2, 0.25) is 0 Å². The molecule has 0 aromatic rings. The predicted octanol–water partition coefficient (Wildman–Crippen LogP) is -0.229. The number of hydrogen-bond donors (Lipinski definition) is 5. The molecule has 1 rings (SSSR count). The highest BCUT2D eigenvalue weighted by molar-refractivity contribution is 7.68. The van der Waals surface area contributed by atoms with E-state index < -0.39 is 21.3 Å². The summed E-state index contributed by atoms with van der Waals surface area (Å²) in [5.41, 5.74) is 0. The molecule has 1 saturated heterocycles. The average Bonchev–Trinajstić information content (AvgIpc) is 2.41. The zero-order valence-electron chi connectivity index (χ0n) is 13.0. The summed E-state index contributed by atoms with van der Waals surface area (Å²) in [7, 11) is -6.15. The Bertz CT molecular complexity index is 359. The maximum Gasteiger partial charge on any atom is 0.515 e. The van der Waals surface area contributed by atoms with Crippen molar-refractivity contribution in [3.63, 3.8) is 0 Å². The van der Waals surface area contributed by atoms with Gasteiger partial charge in [-0.1, -0.05) is 0 Å². The van der Waals surface area contributed by atoms with E-state index in [1.807, 2.05) is 4.90 Å². The van der Waals surface area contributed by atoms with E-state index in [4.69, 9.17) is 4.89 Å². The molecule has 10 heteroatoms. The fraction of sp³-hybridized carbons (Fsp3) is 1.00. The van der Waals surface area contributed by atoms with Crippen molar-refractivity contribution in [2.24, 2.45) is 0 Å². The van der Waals surface area contributed by atoms with Gasteiger partial charge >= 0.3 is 8.03 Å². The van der Waals surface area contributed by atoms with Crippen LogP contribution in [-0.2, 0) is 9.13 Å². The van der Waals surface area contributed by atoms with Gasteiger partial charge in [-0.25, -0.2) is 0 Å². The van der Waals surface area contributed by atoms with Crippen molar-refractivity contribution in [3.05, 3.63) is 0 Å². The van der Waals surface area contributed by atoms with Gasteiger partial charge in [0.1, 0.15) is 0 Å². The lowest BCUT2D eigenvalue weighted by Gasteiger charge is -2.24. The van der Waals surface area contributed by atoms with Crippen LogP contribution < -0.4 is 16.0 Å². The van der Waals surface area contributed by atoms with Crippen molar-refractivity contribution in [3.8, 4) is 0 Å². The monoisotopic (exact) mass is 355 g/mol. The molecule has 1 aliphatic rings. The molecule has 0 amide bonds. The topological polar surface area (TPSA) is 114 Å². The molecule has 22 heavy (non-hydrogen) atoms. The first-order chi connectivity index (χ1) is 10.5. The summed E-state index contributed by atoms with van der Waals surface area (Å²) in [4.78, 5) is 20.6. The second-order valence-electron chi connectivity index (χ2n) is 5.56. The summed E-state index contributed by atoms with van der Waals surface area (Å²) in [5.74, 6) is -0.518. The second-order valence-corrected chi connectivity index (χ2v) is 9.37. The SMILES string of the molecule is O=[P+](O)CP(=O)(O)CN1CCCNCCNCCCNCC1. The standard InChI is InChI=1S/C12H28N4O4P2/c17-21(18)12-22(19,20)11-16-9-2-5-14-7-6-13-3-1-4-15-8-10-16/h13-15H,1-12H2,(H-,17,18,19,20)/p+1. The van der Waals surface area contributed by atoms with Gasteiger partial charge in [-0.05, 0) is 43.6 Å². The van der Waals surface area contributed by atoms with Crippen molar-refractivity contribution in [2.75, 3.05) is 64.5 Å². The summed E-state index contributed by atoms with van der Waals surface area (Å²) in [6.45, 7) is 6.72. The van der Waals surface area contributed by atoms with Crippen molar-refractivity contribution >= 4 is 15.4 Å². The molecule has 8 nitrogen and oxygen atoms in total. The molecule has 1 fully saturated rings. The van der Waals surface area contributed by atoms with E-state index in [0.29, 0.717) is 13.1 Å². The lowest BCUT2D eigenvalue weighted by Crippen LogP contribution is -2.37. The van der Waals surface area contributed by atoms with Crippen molar-refractivity contribution in [1.29, 1.82) is 0 Å². The first-order valence-electron chi connectivity index (χ1n) is 7.78. The summed E-state index contributed by atoms with van der Waals surface area (Å²) in [6, 6.07) is 0. The minimum atomic E-state index is -3.58. The fourth-order valence-corrected chi connectivity index (χ4v) is 5.13. The molecule has 2 atom stereocenters. The summed E-state index contributed by atoms with van der Waals surface area (Å²) in [6.07, 6.45) is 1.91. The summed E-state index contributed by atoms with van der Waals surface area (Å²) in [5, 5.41) is 10.0. The van der Waals surface area contributed by atoms with E-state index in [-0.39, 0.29) is 6.29 Å². The van der Waals surface area contributed by atoms with Crippen LogP contribution in [-0.4, -0.2) is 79.2 Å². The van der Waals surface area contributed by atoms with Gasteiger partial charge in [0.05, 0.1) is 6.29 Å². The van der Waals surface area contributed by atoms with Crippen molar-refractivity contribution in [1.82, 2.24) is 20.9 Å². The number of hydrogen-bond acceptors (Lipinski definition) is 6. The molecule has 0 saturated carbocycles. The molecule has 2 unspecified atom stereocenters. The van der Waals surface area contributed by atoms with Gasteiger partial charge in [-0.2, -0.15) is 4.89 Å². The predicted molar refractivity (Wildman–Crippen MR) is 88.8 cm³/mol. The zero-order chi connectivity index (χ0) is 16.3. The van der Waals surface area contributed by atoms with E-state index in [0.717, 1.165) is 52.1 Å². The molecule has 1 heterocycles. The first kappa shape index (κ1) is 20.1. The summed E-state index contributed by atoms with van der Waals surface area (Å²) < 4.78 is 22.8. The van der Waals surface area contributed by atoms with E-state index >= 15 is 0 Å². The lowest BCUT2D eigenvalue weighted by atomic mass is 10.3. The number of nitrogens with one attached hydrogen (secondary N) is 3.